The van der Waals surface area contributed by atoms with E-state index in [9.17, 15) is 0 Å². The van der Waals surface area contributed by atoms with Gasteiger partial charge in [0.25, 0.3) is 0 Å². The number of likely N-dealkylation sites (N-methyl/N-ethyl adjacent to an activating group) is 1. The zero-order valence-corrected chi connectivity index (χ0v) is 14.4. The molecule has 0 saturated heterocycles. The van der Waals surface area contributed by atoms with Crippen LogP contribution >= 0.6 is 12.2 Å². The zero-order chi connectivity index (χ0) is 16.1. The SMILES string of the molecule is Cc1cccc(NC(=S)NC[C@H](c2ccco2)[NH+](C)C)c1C. The first kappa shape index (κ1) is 16.5. The predicted molar refractivity (Wildman–Crippen MR) is 94.4 cm³/mol. The number of rotatable bonds is 5. The molecule has 0 amide bonds. The first-order valence-electron chi connectivity index (χ1n) is 7.43. The van der Waals surface area contributed by atoms with Crippen LogP contribution in [0, 0.1) is 13.8 Å². The van der Waals surface area contributed by atoms with Gasteiger partial charge < -0.3 is 20.0 Å². The molecule has 0 unspecified atom stereocenters. The Bertz CT molecular complexity index is 623. The summed E-state index contributed by atoms with van der Waals surface area (Å²) in [7, 11) is 4.21. The third kappa shape index (κ3) is 4.08. The van der Waals surface area contributed by atoms with Gasteiger partial charge in [-0.2, -0.15) is 0 Å². The first-order valence-corrected chi connectivity index (χ1v) is 7.84. The van der Waals surface area contributed by atoms with Crippen LogP contribution in [0.25, 0.3) is 0 Å². The maximum atomic E-state index is 5.52. The number of furan rings is 1. The van der Waals surface area contributed by atoms with Gasteiger partial charge in [0.1, 0.15) is 0 Å². The summed E-state index contributed by atoms with van der Waals surface area (Å²) >= 11 is 5.41. The third-order valence-electron chi connectivity index (χ3n) is 3.90. The van der Waals surface area contributed by atoms with Gasteiger partial charge in [-0.05, 0) is 55.4 Å². The Morgan fingerprint density at radius 2 is 2.00 bits per heavy atom. The van der Waals surface area contributed by atoms with Crippen molar-refractivity contribution in [2.45, 2.75) is 19.9 Å². The van der Waals surface area contributed by atoms with Gasteiger partial charge in [-0.3, -0.25) is 0 Å². The van der Waals surface area contributed by atoms with Gasteiger partial charge in [-0.1, -0.05) is 12.1 Å². The Kier molecular flexibility index (Phi) is 5.57. The van der Waals surface area contributed by atoms with E-state index in [0.717, 1.165) is 11.4 Å². The van der Waals surface area contributed by atoms with E-state index in [4.69, 9.17) is 16.6 Å². The molecule has 0 bridgehead atoms. The topological polar surface area (TPSA) is 41.6 Å². The molecule has 4 nitrogen and oxygen atoms in total. The van der Waals surface area contributed by atoms with Crippen molar-refractivity contribution in [2.24, 2.45) is 0 Å². The van der Waals surface area contributed by atoms with Crippen LogP contribution in [-0.4, -0.2) is 25.8 Å². The van der Waals surface area contributed by atoms with Gasteiger partial charge in [-0.15, -0.1) is 0 Å². The molecule has 2 aromatic rings. The second-order valence-corrected chi connectivity index (χ2v) is 6.14. The summed E-state index contributed by atoms with van der Waals surface area (Å²) in [5.74, 6) is 0.960. The number of anilines is 1. The molecule has 0 aliphatic heterocycles. The van der Waals surface area contributed by atoms with Gasteiger partial charge in [0, 0.05) is 5.69 Å². The standard InChI is InChI=1S/C17H23N3OS/c1-12-7-5-8-14(13(12)2)19-17(22)18-11-15(20(3)4)16-9-6-10-21-16/h5-10,15H,11H2,1-4H3,(H2,18,19,22)/p+1/t15-/m1/s1. The molecule has 1 atom stereocenters. The van der Waals surface area contributed by atoms with E-state index >= 15 is 0 Å². The molecule has 0 spiro atoms. The van der Waals surface area contributed by atoms with Crippen molar-refractivity contribution in [2.75, 3.05) is 26.0 Å². The number of benzene rings is 1. The molecule has 0 aliphatic rings. The fourth-order valence-electron chi connectivity index (χ4n) is 2.33. The molecule has 0 aliphatic carbocycles. The summed E-state index contributed by atoms with van der Waals surface area (Å²) in [6.07, 6.45) is 1.71. The lowest BCUT2D eigenvalue weighted by Gasteiger charge is -2.21. The van der Waals surface area contributed by atoms with Crippen LogP contribution < -0.4 is 15.5 Å². The Balaban J connectivity index is 1.96. The highest BCUT2D eigenvalue weighted by Gasteiger charge is 2.20. The predicted octanol–water partition coefficient (Wildman–Crippen LogP) is 2.07. The number of nitrogens with one attached hydrogen (secondary N) is 3. The van der Waals surface area contributed by atoms with Crippen LogP contribution in [0.2, 0.25) is 0 Å². The van der Waals surface area contributed by atoms with E-state index in [1.54, 1.807) is 6.26 Å². The number of aryl methyl sites for hydroxylation is 1. The van der Waals surface area contributed by atoms with Gasteiger partial charge in [-0.25, -0.2) is 0 Å². The smallest absolute Gasteiger partial charge is 0.171 e. The van der Waals surface area contributed by atoms with Gasteiger partial charge in [0.2, 0.25) is 0 Å². The van der Waals surface area contributed by atoms with Crippen molar-refractivity contribution in [3.63, 3.8) is 0 Å². The molecule has 3 N–H and O–H groups in total. The van der Waals surface area contributed by atoms with E-state index in [2.05, 4.69) is 44.6 Å². The molecule has 1 aromatic carbocycles. The Morgan fingerprint density at radius 1 is 1.23 bits per heavy atom. The molecule has 118 valence electrons. The molecule has 5 heteroatoms. The zero-order valence-electron chi connectivity index (χ0n) is 13.6. The highest BCUT2D eigenvalue weighted by Crippen LogP contribution is 2.17. The largest absolute Gasteiger partial charge is 0.463 e. The lowest BCUT2D eigenvalue weighted by Crippen LogP contribution is -3.07. The van der Waals surface area contributed by atoms with Gasteiger partial charge in [0.05, 0.1) is 26.9 Å². The summed E-state index contributed by atoms with van der Waals surface area (Å²) in [6.45, 7) is 4.90. The van der Waals surface area contributed by atoms with Crippen LogP contribution in [0.1, 0.15) is 22.9 Å². The summed E-state index contributed by atoms with van der Waals surface area (Å²) in [4.78, 5) is 1.29. The Morgan fingerprint density at radius 3 is 2.64 bits per heavy atom. The summed E-state index contributed by atoms with van der Waals surface area (Å²) in [6, 6.07) is 10.3. The van der Waals surface area contributed by atoms with Crippen LogP contribution in [-0.2, 0) is 0 Å². The van der Waals surface area contributed by atoms with Gasteiger partial charge in [0.15, 0.2) is 16.9 Å². The average Bonchev–Trinajstić information content (AvgIpc) is 2.98. The van der Waals surface area contributed by atoms with Crippen molar-refractivity contribution in [3.8, 4) is 0 Å². The fraction of sp³-hybridized carbons (Fsp3) is 0.353. The molecular weight excluding hydrogens is 294 g/mol. The minimum absolute atomic E-state index is 0.216. The van der Waals surface area contributed by atoms with Crippen molar-refractivity contribution in [1.82, 2.24) is 5.32 Å². The summed E-state index contributed by atoms with van der Waals surface area (Å²) in [5.41, 5.74) is 3.51. The van der Waals surface area contributed by atoms with Crippen LogP contribution in [0.4, 0.5) is 5.69 Å². The molecule has 2 rings (SSSR count). The first-order chi connectivity index (χ1) is 10.5. The van der Waals surface area contributed by atoms with E-state index in [1.165, 1.54) is 16.0 Å². The maximum Gasteiger partial charge on any atom is 0.171 e. The van der Waals surface area contributed by atoms with E-state index in [1.807, 2.05) is 24.3 Å². The highest BCUT2D eigenvalue weighted by atomic mass is 32.1. The monoisotopic (exact) mass is 318 g/mol. The van der Waals surface area contributed by atoms with E-state index in [0.29, 0.717) is 11.7 Å². The average molecular weight is 318 g/mol. The fourth-order valence-corrected chi connectivity index (χ4v) is 2.52. The molecule has 0 fully saturated rings. The lowest BCUT2D eigenvalue weighted by atomic mass is 10.1. The normalized spacial score (nSPS) is 12.2. The molecule has 0 saturated carbocycles. The number of quaternary nitrogens is 1. The molecule has 22 heavy (non-hydrogen) atoms. The van der Waals surface area contributed by atoms with Crippen molar-refractivity contribution in [3.05, 3.63) is 53.5 Å². The van der Waals surface area contributed by atoms with Crippen molar-refractivity contribution < 1.29 is 9.32 Å². The Labute approximate surface area is 137 Å². The third-order valence-corrected chi connectivity index (χ3v) is 4.15. The lowest BCUT2D eigenvalue weighted by molar-refractivity contribution is -0.891. The molecule has 1 aromatic heterocycles. The Hall–Kier alpha value is -1.85. The maximum absolute atomic E-state index is 5.52. The van der Waals surface area contributed by atoms with Crippen molar-refractivity contribution in [1.29, 1.82) is 0 Å². The number of thiocarbonyl (C=S) groups is 1. The quantitative estimate of drug-likeness (QED) is 0.738. The number of hydrogen-bond donors (Lipinski definition) is 3. The van der Waals surface area contributed by atoms with E-state index < -0.39 is 0 Å². The molecule has 0 radical (unpaired) electrons. The van der Waals surface area contributed by atoms with Gasteiger partial charge >= 0.3 is 0 Å². The van der Waals surface area contributed by atoms with Crippen LogP contribution in [0.5, 0.6) is 0 Å². The summed E-state index contributed by atoms with van der Waals surface area (Å²) in [5, 5.41) is 7.19. The second-order valence-electron chi connectivity index (χ2n) is 5.73. The number of hydrogen-bond acceptors (Lipinski definition) is 2. The minimum atomic E-state index is 0.216. The van der Waals surface area contributed by atoms with E-state index in [-0.39, 0.29) is 6.04 Å². The van der Waals surface area contributed by atoms with Crippen LogP contribution in [0.3, 0.4) is 0 Å². The second kappa shape index (κ2) is 7.42. The highest BCUT2D eigenvalue weighted by molar-refractivity contribution is 7.80. The molecular formula is C17H24N3OS+. The van der Waals surface area contributed by atoms with Crippen molar-refractivity contribution >= 4 is 23.0 Å². The molecule has 1 heterocycles. The minimum Gasteiger partial charge on any atom is -0.463 e. The summed E-state index contributed by atoms with van der Waals surface area (Å²) < 4.78 is 5.52. The van der Waals surface area contributed by atoms with Crippen LogP contribution in [0.15, 0.2) is 41.0 Å².